The van der Waals surface area contributed by atoms with Crippen molar-refractivity contribution in [3.63, 3.8) is 0 Å². The molecule has 1 atom stereocenters. The van der Waals surface area contributed by atoms with Crippen molar-refractivity contribution in [3.8, 4) is 5.75 Å². The summed E-state index contributed by atoms with van der Waals surface area (Å²) in [6.07, 6.45) is -6.28. The summed E-state index contributed by atoms with van der Waals surface area (Å²) in [5.41, 5.74) is 0.519. The van der Waals surface area contributed by atoms with Gasteiger partial charge in [0.25, 0.3) is 15.4 Å². The van der Waals surface area contributed by atoms with Crippen LogP contribution in [-0.2, 0) is 9.05 Å². The van der Waals surface area contributed by atoms with Gasteiger partial charge in [-0.15, -0.1) is 0 Å². The fourth-order valence-corrected chi connectivity index (χ4v) is 2.04. The Hall–Kier alpha value is -0.950. The molecule has 0 aliphatic rings. The average Bonchev–Trinajstić information content (AvgIpc) is 2.15. The summed E-state index contributed by atoms with van der Waals surface area (Å²) in [7, 11) is 0.875. The molecule has 3 nitrogen and oxygen atoms in total. The van der Waals surface area contributed by atoms with Crippen molar-refractivity contribution in [1.29, 1.82) is 0 Å². The second-order valence-electron chi connectivity index (χ2n) is 3.19. The van der Waals surface area contributed by atoms with Gasteiger partial charge < -0.3 is 4.74 Å². The molecule has 0 aliphatic carbocycles. The average molecular weight is 289 g/mol. The van der Waals surface area contributed by atoms with Gasteiger partial charge in [0.2, 0.25) is 0 Å². The van der Waals surface area contributed by atoms with Gasteiger partial charge in [0, 0.05) is 10.7 Å². The minimum absolute atomic E-state index is 0.519. The second-order valence-corrected chi connectivity index (χ2v) is 5.73. The molecule has 1 unspecified atom stereocenters. The van der Waals surface area contributed by atoms with Crippen molar-refractivity contribution in [2.45, 2.75) is 24.6 Å². The van der Waals surface area contributed by atoms with E-state index in [1.54, 1.807) is 6.92 Å². The molecule has 0 aliphatic heterocycles. The molecule has 0 aromatic heterocycles. The maximum atomic E-state index is 12.7. The monoisotopic (exact) mass is 288 g/mol. The molecular weight excluding hydrogens is 281 g/mol. The van der Waals surface area contributed by atoms with E-state index >= 15 is 0 Å². The Labute approximate surface area is 101 Å². The standard InChI is InChI=1S/C9H8ClF3O3S/c1-5-2-3-7(17(10,14)15)6(4-5)16-9(13)8(11)12/h2-4,8-9H,1H3. The van der Waals surface area contributed by atoms with E-state index in [1.807, 2.05) is 0 Å². The van der Waals surface area contributed by atoms with Crippen LogP contribution in [0.15, 0.2) is 23.1 Å². The largest absolute Gasteiger partial charge is 0.453 e. The Morgan fingerprint density at radius 2 is 1.88 bits per heavy atom. The fraction of sp³-hybridized carbons (Fsp3) is 0.333. The van der Waals surface area contributed by atoms with Crippen LogP contribution in [0.4, 0.5) is 13.2 Å². The fourth-order valence-electron chi connectivity index (χ4n) is 1.08. The van der Waals surface area contributed by atoms with E-state index in [9.17, 15) is 21.6 Å². The Kier molecular flexibility index (Phi) is 4.26. The summed E-state index contributed by atoms with van der Waals surface area (Å²) in [6, 6.07) is 3.56. The predicted octanol–water partition coefficient (Wildman–Crippen LogP) is 2.86. The minimum atomic E-state index is -4.19. The van der Waals surface area contributed by atoms with Gasteiger partial charge in [-0.1, -0.05) is 6.07 Å². The molecule has 1 aromatic carbocycles. The number of benzene rings is 1. The van der Waals surface area contributed by atoms with Crippen LogP contribution in [-0.4, -0.2) is 21.2 Å². The Morgan fingerprint density at radius 3 is 2.35 bits per heavy atom. The molecule has 96 valence electrons. The van der Waals surface area contributed by atoms with Crippen molar-refractivity contribution in [3.05, 3.63) is 23.8 Å². The predicted molar refractivity (Wildman–Crippen MR) is 55.7 cm³/mol. The number of hydrogen-bond acceptors (Lipinski definition) is 3. The Morgan fingerprint density at radius 1 is 1.29 bits per heavy atom. The van der Waals surface area contributed by atoms with Gasteiger partial charge in [0.15, 0.2) is 0 Å². The summed E-state index contributed by atoms with van der Waals surface area (Å²) in [6.45, 7) is 1.56. The quantitative estimate of drug-likeness (QED) is 0.800. The lowest BCUT2D eigenvalue weighted by atomic mass is 10.2. The maximum absolute atomic E-state index is 12.7. The number of rotatable bonds is 4. The van der Waals surface area contributed by atoms with E-state index in [-0.39, 0.29) is 0 Å². The number of ether oxygens (including phenoxy) is 1. The third kappa shape index (κ3) is 3.78. The summed E-state index contributed by atoms with van der Waals surface area (Å²) in [5, 5.41) is 0. The van der Waals surface area contributed by atoms with Crippen molar-refractivity contribution >= 4 is 19.7 Å². The zero-order chi connectivity index (χ0) is 13.2. The highest BCUT2D eigenvalue weighted by molar-refractivity contribution is 8.13. The second kappa shape index (κ2) is 5.14. The number of halogens is 4. The Bertz CT molecular complexity index is 504. The van der Waals surface area contributed by atoms with Gasteiger partial charge in [-0.25, -0.2) is 17.2 Å². The lowest BCUT2D eigenvalue weighted by Gasteiger charge is -2.13. The highest BCUT2D eigenvalue weighted by Gasteiger charge is 2.25. The molecule has 0 spiro atoms. The first kappa shape index (κ1) is 14.1. The molecule has 0 N–H and O–H groups in total. The number of hydrogen-bond donors (Lipinski definition) is 0. The smallest absolute Gasteiger partial charge is 0.304 e. The molecule has 8 heteroatoms. The van der Waals surface area contributed by atoms with Crippen molar-refractivity contribution < 1.29 is 26.3 Å². The van der Waals surface area contributed by atoms with Crippen LogP contribution < -0.4 is 4.74 Å². The molecule has 0 amide bonds. The Balaban J connectivity index is 3.17. The van der Waals surface area contributed by atoms with Crippen LogP contribution in [0, 0.1) is 6.92 Å². The summed E-state index contributed by atoms with van der Waals surface area (Å²) < 4.78 is 63.0. The molecular formula is C9H8ClF3O3S. The van der Waals surface area contributed by atoms with Crippen molar-refractivity contribution in [2.75, 3.05) is 0 Å². The van der Waals surface area contributed by atoms with Gasteiger partial charge in [-0.05, 0) is 24.6 Å². The lowest BCUT2D eigenvalue weighted by Crippen LogP contribution is -2.20. The molecule has 0 bridgehead atoms. The van der Waals surface area contributed by atoms with E-state index < -0.39 is 32.5 Å². The van der Waals surface area contributed by atoms with Crippen LogP contribution in [0.2, 0.25) is 0 Å². The molecule has 1 aromatic rings. The number of aryl methyl sites for hydroxylation is 1. The van der Waals surface area contributed by atoms with E-state index in [4.69, 9.17) is 10.7 Å². The van der Waals surface area contributed by atoms with Crippen LogP contribution in [0.25, 0.3) is 0 Å². The molecule has 1 rings (SSSR count). The number of alkyl halides is 3. The highest BCUT2D eigenvalue weighted by Crippen LogP contribution is 2.29. The van der Waals surface area contributed by atoms with Crippen molar-refractivity contribution in [2.24, 2.45) is 0 Å². The summed E-state index contributed by atoms with van der Waals surface area (Å²) >= 11 is 0. The first-order chi connectivity index (χ1) is 7.71. The summed E-state index contributed by atoms with van der Waals surface area (Å²) in [4.78, 5) is -0.548. The van der Waals surface area contributed by atoms with E-state index in [0.717, 1.165) is 12.1 Å². The molecule has 17 heavy (non-hydrogen) atoms. The first-order valence-corrected chi connectivity index (χ1v) is 6.67. The topological polar surface area (TPSA) is 43.4 Å². The molecule has 0 saturated carbocycles. The SMILES string of the molecule is Cc1ccc(S(=O)(=O)Cl)c(OC(F)C(F)F)c1. The van der Waals surface area contributed by atoms with Gasteiger partial charge >= 0.3 is 6.43 Å². The molecule has 0 saturated heterocycles. The highest BCUT2D eigenvalue weighted by atomic mass is 35.7. The zero-order valence-electron chi connectivity index (χ0n) is 8.53. The van der Waals surface area contributed by atoms with Crippen LogP contribution in [0.3, 0.4) is 0 Å². The third-order valence-electron chi connectivity index (χ3n) is 1.80. The van der Waals surface area contributed by atoms with Crippen LogP contribution in [0.5, 0.6) is 5.75 Å². The zero-order valence-corrected chi connectivity index (χ0v) is 10.1. The van der Waals surface area contributed by atoms with Crippen LogP contribution >= 0.6 is 10.7 Å². The van der Waals surface area contributed by atoms with Gasteiger partial charge in [0.05, 0.1) is 0 Å². The van der Waals surface area contributed by atoms with Gasteiger partial charge in [0.1, 0.15) is 10.6 Å². The lowest BCUT2D eigenvalue weighted by molar-refractivity contribution is -0.0682. The maximum Gasteiger partial charge on any atom is 0.304 e. The van der Waals surface area contributed by atoms with E-state index in [1.165, 1.54) is 6.07 Å². The van der Waals surface area contributed by atoms with E-state index in [0.29, 0.717) is 5.56 Å². The normalized spacial score (nSPS) is 13.8. The first-order valence-electron chi connectivity index (χ1n) is 4.36. The van der Waals surface area contributed by atoms with E-state index in [2.05, 4.69) is 4.74 Å². The van der Waals surface area contributed by atoms with Crippen molar-refractivity contribution in [1.82, 2.24) is 0 Å². The molecule has 0 heterocycles. The van der Waals surface area contributed by atoms with Gasteiger partial charge in [-0.2, -0.15) is 4.39 Å². The van der Waals surface area contributed by atoms with Gasteiger partial charge in [-0.3, -0.25) is 0 Å². The molecule has 0 radical (unpaired) electrons. The third-order valence-corrected chi connectivity index (χ3v) is 3.16. The van der Waals surface area contributed by atoms with Crippen LogP contribution in [0.1, 0.15) is 5.56 Å². The summed E-state index contributed by atoms with van der Waals surface area (Å²) in [5.74, 6) is -0.534. The minimum Gasteiger partial charge on any atom is -0.453 e. The molecule has 0 fully saturated rings.